The summed E-state index contributed by atoms with van der Waals surface area (Å²) in [7, 11) is 0. The van der Waals surface area contributed by atoms with Gasteiger partial charge in [-0.3, -0.25) is 0 Å². The van der Waals surface area contributed by atoms with Crippen LogP contribution in [0, 0.1) is 6.92 Å². The second-order valence-corrected chi connectivity index (χ2v) is 4.07. The van der Waals surface area contributed by atoms with Gasteiger partial charge in [0.2, 0.25) is 0 Å². The second kappa shape index (κ2) is 3.45. The Morgan fingerprint density at radius 1 is 1.57 bits per heavy atom. The summed E-state index contributed by atoms with van der Waals surface area (Å²) in [6.45, 7) is 4.65. The molecule has 0 bridgehead atoms. The average Bonchev–Trinajstić information content (AvgIpc) is 2.47. The van der Waals surface area contributed by atoms with E-state index in [-0.39, 0.29) is 5.78 Å². The fraction of sp³-hybridized carbons (Fsp3) is 0.417. The predicted molar refractivity (Wildman–Crippen MR) is 57.7 cm³/mol. The highest BCUT2D eigenvalue weighted by Gasteiger charge is 2.22. The molecule has 1 heterocycles. The minimum atomic E-state index is 0.270. The SMILES string of the molecule is CC(=O)CC1CNc2ccc(C)cc21. The largest absolute Gasteiger partial charge is 0.384 e. The Kier molecular flexibility index (Phi) is 2.28. The first-order valence-corrected chi connectivity index (χ1v) is 5.00. The maximum absolute atomic E-state index is 11.1. The Morgan fingerprint density at radius 3 is 3.07 bits per heavy atom. The molecular formula is C12H15NO. The van der Waals surface area contributed by atoms with Gasteiger partial charge in [-0.1, -0.05) is 17.7 Å². The second-order valence-electron chi connectivity index (χ2n) is 4.07. The highest BCUT2D eigenvalue weighted by Crippen LogP contribution is 2.34. The smallest absolute Gasteiger partial charge is 0.130 e. The van der Waals surface area contributed by atoms with Crippen molar-refractivity contribution in [1.29, 1.82) is 0 Å². The topological polar surface area (TPSA) is 29.1 Å². The third kappa shape index (κ3) is 1.65. The third-order valence-electron chi connectivity index (χ3n) is 2.72. The number of benzene rings is 1. The van der Waals surface area contributed by atoms with Crippen molar-refractivity contribution < 1.29 is 4.79 Å². The van der Waals surface area contributed by atoms with Gasteiger partial charge in [-0.15, -0.1) is 0 Å². The molecule has 14 heavy (non-hydrogen) atoms. The molecule has 2 heteroatoms. The lowest BCUT2D eigenvalue weighted by Crippen LogP contribution is -2.06. The lowest BCUT2D eigenvalue weighted by Gasteiger charge is -2.07. The number of carbonyl (C=O) groups is 1. The number of nitrogens with one attached hydrogen (secondary N) is 1. The summed E-state index contributed by atoms with van der Waals surface area (Å²) in [6, 6.07) is 6.38. The molecule has 1 aliphatic heterocycles. The monoisotopic (exact) mass is 189 g/mol. The zero-order valence-corrected chi connectivity index (χ0v) is 8.63. The van der Waals surface area contributed by atoms with E-state index in [0.717, 1.165) is 6.54 Å². The Balaban J connectivity index is 2.28. The van der Waals surface area contributed by atoms with Crippen LogP contribution in [0.4, 0.5) is 5.69 Å². The standard InChI is InChI=1S/C12H15NO/c1-8-3-4-12-11(5-8)10(7-13-12)6-9(2)14/h3-5,10,13H,6-7H2,1-2H3. The van der Waals surface area contributed by atoms with Crippen LogP contribution in [0.15, 0.2) is 18.2 Å². The lowest BCUT2D eigenvalue weighted by molar-refractivity contribution is -0.117. The number of anilines is 1. The molecule has 2 nitrogen and oxygen atoms in total. The van der Waals surface area contributed by atoms with Crippen molar-refractivity contribution in [3.8, 4) is 0 Å². The molecule has 0 aliphatic carbocycles. The molecule has 0 amide bonds. The molecule has 1 atom stereocenters. The van der Waals surface area contributed by atoms with Crippen LogP contribution >= 0.6 is 0 Å². The average molecular weight is 189 g/mol. The van der Waals surface area contributed by atoms with E-state index in [1.165, 1.54) is 16.8 Å². The van der Waals surface area contributed by atoms with Gasteiger partial charge in [0.25, 0.3) is 0 Å². The van der Waals surface area contributed by atoms with Crippen LogP contribution in [-0.4, -0.2) is 12.3 Å². The molecule has 1 aromatic rings. The van der Waals surface area contributed by atoms with Crippen LogP contribution in [0.2, 0.25) is 0 Å². The van der Waals surface area contributed by atoms with Gasteiger partial charge in [0.15, 0.2) is 0 Å². The van der Waals surface area contributed by atoms with Gasteiger partial charge in [-0.25, -0.2) is 0 Å². The van der Waals surface area contributed by atoms with E-state index in [1.54, 1.807) is 6.92 Å². The molecule has 1 aromatic carbocycles. The molecule has 0 saturated carbocycles. The van der Waals surface area contributed by atoms with Crippen LogP contribution in [0.1, 0.15) is 30.4 Å². The van der Waals surface area contributed by atoms with Gasteiger partial charge in [-0.2, -0.15) is 0 Å². The van der Waals surface area contributed by atoms with Crippen molar-refractivity contribution in [1.82, 2.24) is 0 Å². The number of Topliss-reactive ketones (excluding diaryl/α,β-unsaturated/α-hetero) is 1. The number of rotatable bonds is 2. The highest BCUT2D eigenvalue weighted by atomic mass is 16.1. The molecular weight excluding hydrogens is 174 g/mol. The van der Waals surface area contributed by atoms with Crippen molar-refractivity contribution in [3.63, 3.8) is 0 Å². The van der Waals surface area contributed by atoms with Crippen LogP contribution in [0.25, 0.3) is 0 Å². The van der Waals surface area contributed by atoms with Crippen molar-refractivity contribution in [3.05, 3.63) is 29.3 Å². The minimum absolute atomic E-state index is 0.270. The summed E-state index contributed by atoms with van der Waals surface area (Å²) in [6.07, 6.45) is 0.656. The molecule has 0 spiro atoms. The molecule has 0 aromatic heterocycles. The number of fused-ring (bicyclic) bond motifs is 1. The molecule has 1 N–H and O–H groups in total. The Labute approximate surface area is 84.3 Å². The molecule has 74 valence electrons. The number of hydrogen-bond acceptors (Lipinski definition) is 2. The molecule has 2 rings (SSSR count). The van der Waals surface area contributed by atoms with Crippen molar-refractivity contribution in [2.45, 2.75) is 26.2 Å². The van der Waals surface area contributed by atoms with Crippen LogP contribution in [0.5, 0.6) is 0 Å². The van der Waals surface area contributed by atoms with Gasteiger partial charge in [-0.05, 0) is 25.5 Å². The van der Waals surface area contributed by atoms with Gasteiger partial charge in [0, 0.05) is 24.6 Å². The Hall–Kier alpha value is -1.31. The third-order valence-corrected chi connectivity index (χ3v) is 2.72. The molecule has 0 fully saturated rings. The minimum Gasteiger partial charge on any atom is -0.384 e. The highest BCUT2D eigenvalue weighted by molar-refractivity contribution is 5.77. The first kappa shape index (κ1) is 9.25. The van der Waals surface area contributed by atoms with E-state index in [9.17, 15) is 4.79 Å². The number of carbonyl (C=O) groups excluding carboxylic acids is 1. The summed E-state index contributed by atoms with van der Waals surface area (Å²) < 4.78 is 0. The van der Waals surface area contributed by atoms with Crippen molar-refractivity contribution in [2.24, 2.45) is 0 Å². The zero-order valence-electron chi connectivity index (χ0n) is 8.63. The van der Waals surface area contributed by atoms with Crippen molar-refractivity contribution in [2.75, 3.05) is 11.9 Å². The number of ketones is 1. The van der Waals surface area contributed by atoms with E-state index < -0.39 is 0 Å². The number of hydrogen-bond donors (Lipinski definition) is 1. The maximum atomic E-state index is 11.1. The predicted octanol–water partition coefficient (Wildman–Crippen LogP) is 2.48. The zero-order chi connectivity index (χ0) is 10.1. The van der Waals surface area contributed by atoms with E-state index in [1.807, 2.05) is 0 Å². The van der Waals surface area contributed by atoms with Gasteiger partial charge < -0.3 is 10.1 Å². The quantitative estimate of drug-likeness (QED) is 0.774. The summed E-state index contributed by atoms with van der Waals surface area (Å²) in [4.78, 5) is 11.1. The number of aryl methyl sites for hydroxylation is 1. The Bertz CT molecular complexity index is 371. The van der Waals surface area contributed by atoms with Gasteiger partial charge in [0.1, 0.15) is 5.78 Å². The summed E-state index contributed by atoms with van der Waals surface area (Å²) in [5.41, 5.74) is 3.77. The lowest BCUT2D eigenvalue weighted by atomic mass is 9.95. The fourth-order valence-corrected chi connectivity index (χ4v) is 2.05. The van der Waals surface area contributed by atoms with Gasteiger partial charge >= 0.3 is 0 Å². The fourth-order valence-electron chi connectivity index (χ4n) is 2.05. The first-order valence-electron chi connectivity index (χ1n) is 5.00. The molecule has 1 unspecified atom stereocenters. The van der Waals surface area contributed by atoms with E-state index >= 15 is 0 Å². The normalized spacial score (nSPS) is 18.9. The summed E-state index contributed by atoms with van der Waals surface area (Å²) in [5.74, 6) is 0.647. The van der Waals surface area contributed by atoms with Crippen molar-refractivity contribution >= 4 is 11.5 Å². The van der Waals surface area contributed by atoms with Crippen LogP contribution < -0.4 is 5.32 Å². The van der Waals surface area contributed by atoms with E-state index in [2.05, 4.69) is 30.4 Å². The molecule has 0 saturated heterocycles. The Morgan fingerprint density at radius 2 is 2.36 bits per heavy atom. The maximum Gasteiger partial charge on any atom is 0.130 e. The molecule has 1 aliphatic rings. The van der Waals surface area contributed by atoms with Crippen LogP contribution in [0.3, 0.4) is 0 Å². The van der Waals surface area contributed by atoms with Crippen LogP contribution in [-0.2, 0) is 4.79 Å². The first-order chi connectivity index (χ1) is 6.66. The summed E-state index contributed by atoms with van der Waals surface area (Å²) >= 11 is 0. The van der Waals surface area contributed by atoms with E-state index in [0.29, 0.717) is 12.3 Å². The van der Waals surface area contributed by atoms with Gasteiger partial charge in [0.05, 0.1) is 0 Å². The van der Waals surface area contributed by atoms with E-state index in [4.69, 9.17) is 0 Å². The summed E-state index contributed by atoms with van der Waals surface area (Å²) in [5, 5.41) is 3.33. The molecule has 0 radical (unpaired) electrons.